The molecule has 70 valence electrons. The van der Waals surface area contributed by atoms with Gasteiger partial charge in [-0.15, -0.1) is 11.8 Å². The topological polar surface area (TPSA) is 0 Å². The third kappa shape index (κ3) is 5.24. The first-order valence-corrected chi connectivity index (χ1v) is 5.39. The molecule has 12 heavy (non-hydrogen) atoms. The van der Waals surface area contributed by atoms with E-state index in [1.54, 1.807) is 0 Å². The minimum Gasteiger partial charge on any atom is -0.103 e. The van der Waals surface area contributed by atoms with Crippen molar-refractivity contribution in [1.82, 2.24) is 0 Å². The average molecular weight is 166 g/mol. The van der Waals surface area contributed by atoms with E-state index in [1.165, 1.54) is 25.7 Å². The molecule has 0 aromatic carbocycles. The van der Waals surface area contributed by atoms with E-state index in [0.717, 1.165) is 18.8 Å². The maximum Gasteiger partial charge on any atom is 0.00913 e. The second kappa shape index (κ2) is 8.65. The summed E-state index contributed by atoms with van der Waals surface area (Å²) >= 11 is 0. The third-order valence-corrected chi connectivity index (χ3v) is 2.18. The van der Waals surface area contributed by atoms with Gasteiger partial charge in [0.25, 0.3) is 0 Å². The van der Waals surface area contributed by atoms with Crippen molar-refractivity contribution in [2.45, 2.75) is 59.3 Å². The minimum absolute atomic E-state index is 0.965. The van der Waals surface area contributed by atoms with E-state index in [4.69, 9.17) is 0 Å². The smallest absolute Gasteiger partial charge is 0.00913 e. The lowest BCUT2D eigenvalue weighted by Gasteiger charge is -2.10. The molecule has 0 aliphatic heterocycles. The molecule has 0 N–H and O–H groups in total. The van der Waals surface area contributed by atoms with E-state index < -0.39 is 0 Å². The fourth-order valence-corrected chi connectivity index (χ4v) is 1.57. The molecule has 0 saturated carbocycles. The van der Waals surface area contributed by atoms with Gasteiger partial charge >= 0.3 is 0 Å². The Morgan fingerprint density at radius 3 is 2.00 bits per heavy atom. The Labute approximate surface area is 77.8 Å². The van der Waals surface area contributed by atoms with Gasteiger partial charge in [0, 0.05) is 12.8 Å². The molecular formula is C12H22. The van der Waals surface area contributed by atoms with Gasteiger partial charge in [-0.25, -0.2) is 0 Å². The molecule has 0 nitrogen and oxygen atoms in total. The van der Waals surface area contributed by atoms with Gasteiger partial charge in [-0.1, -0.05) is 33.6 Å². The molecule has 0 amide bonds. The largest absolute Gasteiger partial charge is 0.103 e. The van der Waals surface area contributed by atoms with Gasteiger partial charge in [-0.2, -0.15) is 0 Å². The molecule has 0 spiro atoms. The van der Waals surface area contributed by atoms with Crippen LogP contribution in [0.1, 0.15) is 59.3 Å². The summed E-state index contributed by atoms with van der Waals surface area (Å²) in [4.78, 5) is 0. The molecule has 0 atom stereocenters. The van der Waals surface area contributed by atoms with Gasteiger partial charge < -0.3 is 0 Å². The lowest BCUT2D eigenvalue weighted by atomic mass is 9.95. The molecule has 0 aromatic heterocycles. The molecule has 0 heteroatoms. The molecule has 1 rings (SSSR count). The molecule has 0 saturated heterocycles. The summed E-state index contributed by atoms with van der Waals surface area (Å²) in [7, 11) is 0. The molecular weight excluding hydrogens is 144 g/mol. The van der Waals surface area contributed by atoms with E-state index in [9.17, 15) is 0 Å². The molecule has 0 radical (unpaired) electrons. The average Bonchev–Trinajstić information content (AvgIpc) is 2.37. The fourth-order valence-electron chi connectivity index (χ4n) is 1.57. The van der Waals surface area contributed by atoms with Gasteiger partial charge in [-0.3, -0.25) is 0 Å². The normalized spacial score (nSPS) is 16.6. The first-order valence-electron chi connectivity index (χ1n) is 5.39. The van der Waals surface area contributed by atoms with Crippen LogP contribution in [-0.4, -0.2) is 0 Å². The monoisotopic (exact) mass is 166 g/mol. The van der Waals surface area contributed by atoms with E-state index in [2.05, 4.69) is 18.8 Å². The second-order valence-corrected chi connectivity index (χ2v) is 3.09. The SMILES string of the molecule is CC.CCCC1CCC#CCC1. The third-order valence-electron chi connectivity index (χ3n) is 2.18. The first kappa shape index (κ1) is 11.6. The standard InChI is InChI=1S/C10H16.C2H6/c1-2-7-10-8-5-3-4-6-9-10;1-2/h10H,2,5-9H2,1H3;1-2H3. The maximum atomic E-state index is 3.19. The van der Waals surface area contributed by atoms with E-state index in [-0.39, 0.29) is 0 Å². The van der Waals surface area contributed by atoms with E-state index >= 15 is 0 Å². The van der Waals surface area contributed by atoms with Crippen LogP contribution in [0.15, 0.2) is 0 Å². The highest BCUT2D eigenvalue weighted by atomic mass is 14.1. The predicted molar refractivity (Wildman–Crippen MR) is 56.0 cm³/mol. The van der Waals surface area contributed by atoms with Crippen LogP contribution in [0.5, 0.6) is 0 Å². The Morgan fingerprint density at radius 1 is 1.08 bits per heavy atom. The summed E-state index contributed by atoms with van der Waals surface area (Å²) in [5, 5.41) is 0. The zero-order valence-electron chi connectivity index (χ0n) is 8.82. The molecule has 1 aliphatic rings. The van der Waals surface area contributed by atoms with Crippen molar-refractivity contribution in [3.63, 3.8) is 0 Å². The number of rotatable bonds is 2. The van der Waals surface area contributed by atoms with Crippen molar-refractivity contribution >= 4 is 0 Å². The first-order chi connectivity index (χ1) is 5.93. The molecule has 0 heterocycles. The molecule has 0 fully saturated rings. The number of hydrogen-bond donors (Lipinski definition) is 0. The Bertz CT molecular complexity index is 124. The number of hydrogen-bond acceptors (Lipinski definition) is 0. The van der Waals surface area contributed by atoms with Crippen LogP contribution in [-0.2, 0) is 0 Å². The zero-order chi connectivity index (χ0) is 9.23. The van der Waals surface area contributed by atoms with Crippen molar-refractivity contribution in [3.8, 4) is 11.8 Å². The lowest BCUT2D eigenvalue weighted by Crippen LogP contribution is -1.97. The second-order valence-electron chi connectivity index (χ2n) is 3.09. The van der Waals surface area contributed by atoms with Gasteiger partial charge in [0.2, 0.25) is 0 Å². The summed E-state index contributed by atoms with van der Waals surface area (Å²) < 4.78 is 0. The zero-order valence-corrected chi connectivity index (χ0v) is 8.82. The summed E-state index contributed by atoms with van der Waals surface area (Å²) in [6.45, 7) is 6.27. The van der Waals surface area contributed by atoms with Crippen molar-refractivity contribution < 1.29 is 0 Å². The summed E-state index contributed by atoms with van der Waals surface area (Å²) in [6, 6.07) is 0. The minimum atomic E-state index is 0.965. The van der Waals surface area contributed by atoms with E-state index in [1.807, 2.05) is 13.8 Å². The molecule has 0 unspecified atom stereocenters. The van der Waals surface area contributed by atoms with Crippen molar-refractivity contribution in [1.29, 1.82) is 0 Å². The fraction of sp³-hybridized carbons (Fsp3) is 0.833. The van der Waals surface area contributed by atoms with Crippen LogP contribution in [0.2, 0.25) is 0 Å². The molecule has 1 aliphatic carbocycles. The highest BCUT2D eigenvalue weighted by Gasteiger charge is 2.07. The summed E-state index contributed by atoms with van der Waals surface area (Å²) in [5.74, 6) is 7.34. The Hall–Kier alpha value is -0.440. The van der Waals surface area contributed by atoms with Crippen LogP contribution in [0.4, 0.5) is 0 Å². The van der Waals surface area contributed by atoms with Gasteiger partial charge in [0.15, 0.2) is 0 Å². The Kier molecular flexibility index (Phi) is 8.34. The molecule has 0 bridgehead atoms. The van der Waals surface area contributed by atoms with Crippen LogP contribution < -0.4 is 0 Å². The van der Waals surface area contributed by atoms with Crippen LogP contribution in [0.25, 0.3) is 0 Å². The highest BCUT2D eigenvalue weighted by Crippen LogP contribution is 2.20. The summed E-state index contributed by atoms with van der Waals surface area (Å²) in [5.41, 5.74) is 0. The van der Waals surface area contributed by atoms with E-state index in [0.29, 0.717) is 0 Å². The van der Waals surface area contributed by atoms with Crippen molar-refractivity contribution in [3.05, 3.63) is 0 Å². The predicted octanol–water partition coefficient (Wildman–Crippen LogP) is 4.01. The summed E-state index contributed by atoms with van der Waals surface area (Å²) in [6.07, 6.45) is 7.73. The Balaban J connectivity index is 0.000000561. The molecule has 0 aromatic rings. The lowest BCUT2D eigenvalue weighted by molar-refractivity contribution is 0.431. The quantitative estimate of drug-likeness (QED) is 0.544. The van der Waals surface area contributed by atoms with Crippen molar-refractivity contribution in [2.24, 2.45) is 5.92 Å². The van der Waals surface area contributed by atoms with Crippen LogP contribution in [0, 0.1) is 17.8 Å². The maximum absolute atomic E-state index is 3.19. The van der Waals surface area contributed by atoms with Crippen LogP contribution >= 0.6 is 0 Å². The Morgan fingerprint density at radius 2 is 1.58 bits per heavy atom. The van der Waals surface area contributed by atoms with Crippen molar-refractivity contribution in [2.75, 3.05) is 0 Å². The van der Waals surface area contributed by atoms with Crippen LogP contribution in [0.3, 0.4) is 0 Å². The van der Waals surface area contributed by atoms with Gasteiger partial charge in [0.1, 0.15) is 0 Å². The highest BCUT2D eigenvalue weighted by molar-refractivity contribution is 5.01. The van der Waals surface area contributed by atoms with Gasteiger partial charge in [0.05, 0.1) is 0 Å². The van der Waals surface area contributed by atoms with Gasteiger partial charge in [-0.05, 0) is 18.8 Å².